The first kappa shape index (κ1) is 30.7. The van der Waals surface area contributed by atoms with Crippen LogP contribution in [-0.2, 0) is 22.6 Å². The zero-order valence-corrected chi connectivity index (χ0v) is 26.9. The van der Waals surface area contributed by atoms with Crippen molar-refractivity contribution in [1.29, 1.82) is 0 Å². The Morgan fingerprint density at radius 2 is 1.94 bits per heavy atom. The second kappa shape index (κ2) is 12.0. The fourth-order valence-corrected chi connectivity index (χ4v) is 7.38. The molecule has 5 aromatic rings. The van der Waals surface area contributed by atoms with Crippen LogP contribution in [0, 0.1) is 11.6 Å². The second-order valence-electron chi connectivity index (χ2n) is 11.6. The maximum Gasteiger partial charge on any atom is 0.254 e. The van der Waals surface area contributed by atoms with E-state index in [1.54, 1.807) is 16.8 Å². The largest absolute Gasteiger partial charge is 0.490 e. The van der Waals surface area contributed by atoms with Crippen LogP contribution in [0.2, 0.25) is 0 Å². The number of pyridine rings is 1. The molecular formula is C35H31F2N5O4S. The number of carbonyl (C=O) groups excluding carboxylic acids is 2. The fourth-order valence-electron chi connectivity index (χ4n) is 6.43. The Bertz CT molecular complexity index is 2090. The highest BCUT2D eigenvalue weighted by atomic mass is 32.1. The van der Waals surface area contributed by atoms with Crippen molar-refractivity contribution in [1.82, 2.24) is 24.6 Å². The third-order valence-electron chi connectivity index (χ3n) is 8.75. The summed E-state index contributed by atoms with van der Waals surface area (Å²) in [6.07, 6.45) is 1.29. The second-order valence-corrected chi connectivity index (χ2v) is 12.5. The Morgan fingerprint density at radius 1 is 1.11 bits per heavy atom. The minimum Gasteiger partial charge on any atom is -0.490 e. The molecule has 240 valence electrons. The fraction of sp³-hybridized carbons (Fsp3) is 0.257. The van der Waals surface area contributed by atoms with Crippen LogP contribution < -0.4 is 4.74 Å². The Labute approximate surface area is 273 Å². The van der Waals surface area contributed by atoms with Crippen molar-refractivity contribution in [3.63, 3.8) is 0 Å². The first-order valence-electron chi connectivity index (χ1n) is 15.1. The molecule has 5 heterocycles. The van der Waals surface area contributed by atoms with Gasteiger partial charge in [0, 0.05) is 66.2 Å². The van der Waals surface area contributed by atoms with Crippen LogP contribution in [0.25, 0.3) is 43.9 Å². The number of aromatic nitrogens is 3. The van der Waals surface area contributed by atoms with E-state index in [0.717, 1.165) is 34.3 Å². The zero-order valence-electron chi connectivity index (χ0n) is 26.0. The standard InChI is InChI=1S/C35H31F2N5O4S/c1-5-29(43)41-9-10-42-27(19(41)2)17-26(39-42)33-31(30-25(37)15-22(36)16-28(30)46-12-11-45-4)34-23(8-13-47-34)32(38-33)20-6-7-21-18-40(3)35(44)24(21)14-20/h5-8,13-17,19H,1,9-12,18H2,2-4H3. The van der Waals surface area contributed by atoms with Crippen LogP contribution >= 0.6 is 11.3 Å². The summed E-state index contributed by atoms with van der Waals surface area (Å²) in [4.78, 5) is 34.1. The normalized spacial score (nSPS) is 15.7. The summed E-state index contributed by atoms with van der Waals surface area (Å²) < 4.78 is 44.3. The van der Waals surface area contributed by atoms with Gasteiger partial charge in [0.1, 0.15) is 35.4 Å². The van der Waals surface area contributed by atoms with E-state index >= 15 is 4.39 Å². The molecule has 9 nitrogen and oxygen atoms in total. The van der Waals surface area contributed by atoms with E-state index in [1.165, 1.54) is 24.5 Å². The molecule has 2 aliphatic heterocycles. The first-order valence-corrected chi connectivity index (χ1v) is 16.0. The van der Waals surface area contributed by atoms with Gasteiger partial charge in [-0.1, -0.05) is 18.7 Å². The Morgan fingerprint density at radius 3 is 2.72 bits per heavy atom. The molecule has 3 aromatic heterocycles. The predicted molar refractivity (Wildman–Crippen MR) is 175 cm³/mol. The number of benzene rings is 2. The lowest BCUT2D eigenvalue weighted by Crippen LogP contribution is -2.40. The number of methoxy groups -OCH3 is 1. The number of rotatable bonds is 8. The van der Waals surface area contributed by atoms with Gasteiger partial charge in [0.2, 0.25) is 5.91 Å². The van der Waals surface area contributed by atoms with E-state index in [0.29, 0.717) is 52.5 Å². The smallest absolute Gasteiger partial charge is 0.254 e. The van der Waals surface area contributed by atoms with Gasteiger partial charge >= 0.3 is 0 Å². The molecule has 47 heavy (non-hydrogen) atoms. The van der Waals surface area contributed by atoms with E-state index < -0.39 is 11.6 Å². The van der Waals surface area contributed by atoms with E-state index in [9.17, 15) is 14.0 Å². The maximum atomic E-state index is 16.1. The van der Waals surface area contributed by atoms with E-state index in [-0.39, 0.29) is 42.4 Å². The minimum absolute atomic E-state index is 0.0105. The highest BCUT2D eigenvalue weighted by molar-refractivity contribution is 7.18. The van der Waals surface area contributed by atoms with Crippen LogP contribution in [0.15, 0.2) is 60.5 Å². The number of halogens is 2. The lowest BCUT2D eigenvalue weighted by molar-refractivity contribution is -0.129. The number of ether oxygens (including phenoxy) is 2. The molecule has 2 aromatic carbocycles. The average Bonchev–Trinajstić information content (AvgIpc) is 3.78. The van der Waals surface area contributed by atoms with Crippen molar-refractivity contribution in [2.24, 2.45) is 0 Å². The van der Waals surface area contributed by atoms with Gasteiger partial charge in [0.25, 0.3) is 5.91 Å². The number of hydrogen-bond donors (Lipinski definition) is 0. The van der Waals surface area contributed by atoms with Crippen molar-refractivity contribution in [2.45, 2.75) is 26.1 Å². The molecule has 0 N–H and O–H groups in total. The first-order chi connectivity index (χ1) is 22.7. The lowest BCUT2D eigenvalue weighted by Gasteiger charge is -2.33. The van der Waals surface area contributed by atoms with Gasteiger partial charge in [-0.25, -0.2) is 13.8 Å². The lowest BCUT2D eigenvalue weighted by atomic mass is 9.95. The number of hydrogen-bond acceptors (Lipinski definition) is 7. The van der Waals surface area contributed by atoms with Gasteiger partial charge in [0.15, 0.2) is 0 Å². The van der Waals surface area contributed by atoms with Gasteiger partial charge in [-0.3, -0.25) is 14.3 Å². The van der Waals surface area contributed by atoms with Crippen molar-refractivity contribution in [2.75, 3.05) is 33.9 Å². The number of carbonyl (C=O) groups is 2. The third-order valence-corrected chi connectivity index (χ3v) is 9.68. The highest BCUT2D eigenvalue weighted by Gasteiger charge is 2.32. The van der Waals surface area contributed by atoms with Crippen LogP contribution in [-0.4, -0.2) is 70.3 Å². The summed E-state index contributed by atoms with van der Waals surface area (Å²) in [6.45, 7) is 7.26. The molecule has 2 amide bonds. The number of nitrogens with zero attached hydrogens (tertiary/aromatic N) is 5. The maximum absolute atomic E-state index is 16.1. The number of thiophene rings is 1. The molecule has 0 saturated carbocycles. The van der Waals surface area contributed by atoms with Crippen LogP contribution in [0.4, 0.5) is 8.78 Å². The van der Waals surface area contributed by atoms with Crippen molar-refractivity contribution >= 4 is 33.2 Å². The molecule has 0 spiro atoms. The van der Waals surface area contributed by atoms with Gasteiger partial charge < -0.3 is 19.3 Å². The average molecular weight is 656 g/mol. The molecule has 12 heteroatoms. The molecule has 1 unspecified atom stereocenters. The zero-order chi connectivity index (χ0) is 33.0. The molecule has 0 saturated heterocycles. The van der Waals surface area contributed by atoms with E-state index in [2.05, 4.69) is 6.58 Å². The summed E-state index contributed by atoms with van der Waals surface area (Å²) in [5.41, 5.74) is 4.91. The number of amides is 2. The SMILES string of the molecule is C=CC(=O)N1CCn2nc(-c3nc(-c4ccc5c(c4)C(=O)N(C)C5)c4ccsc4c3-c3c(F)cc(F)cc3OCCOC)cc2C1C. The van der Waals surface area contributed by atoms with Crippen LogP contribution in [0.3, 0.4) is 0 Å². The van der Waals surface area contributed by atoms with Gasteiger partial charge in [-0.2, -0.15) is 5.10 Å². The van der Waals surface area contributed by atoms with Crippen LogP contribution in [0.5, 0.6) is 5.75 Å². The van der Waals surface area contributed by atoms with Gasteiger partial charge in [-0.05, 0) is 42.1 Å². The molecular weight excluding hydrogens is 624 g/mol. The molecule has 0 radical (unpaired) electrons. The molecule has 0 fully saturated rings. The summed E-state index contributed by atoms with van der Waals surface area (Å²) >= 11 is 1.39. The van der Waals surface area contributed by atoms with Gasteiger partial charge in [0.05, 0.1) is 36.1 Å². The Balaban J connectivity index is 1.49. The molecule has 2 aliphatic rings. The Hall–Kier alpha value is -4.94. The highest BCUT2D eigenvalue weighted by Crippen LogP contribution is 2.47. The summed E-state index contributed by atoms with van der Waals surface area (Å²) in [5, 5.41) is 7.54. The molecule has 0 bridgehead atoms. The van der Waals surface area contributed by atoms with Crippen molar-refractivity contribution in [3.8, 4) is 39.5 Å². The van der Waals surface area contributed by atoms with Crippen molar-refractivity contribution < 1.29 is 27.8 Å². The minimum atomic E-state index is -0.811. The summed E-state index contributed by atoms with van der Waals surface area (Å²) in [6, 6.07) is 11.2. The topological polar surface area (TPSA) is 89.8 Å². The molecule has 0 aliphatic carbocycles. The van der Waals surface area contributed by atoms with E-state index in [1.807, 2.05) is 47.3 Å². The van der Waals surface area contributed by atoms with E-state index in [4.69, 9.17) is 19.6 Å². The monoisotopic (exact) mass is 655 g/mol. The number of fused-ring (bicyclic) bond motifs is 3. The van der Waals surface area contributed by atoms with Gasteiger partial charge in [-0.15, -0.1) is 11.3 Å². The van der Waals surface area contributed by atoms with Crippen molar-refractivity contribution in [3.05, 3.63) is 89.0 Å². The van der Waals surface area contributed by atoms with Crippen LogP contribution in [0.1, 0.15) is 34.6 Å². The Kier molecular flexibility index (Phi) is 7.85. The quantitative estimate of drug-likeness (QED) is 0.141. The third kappa shape index (κ3) is 5.17. The summed E-state index contributed by atoms with van der Waals surface area (Å²) in [5.74, 6) is -1.83. The summed E-state index contributed by atoms with van der Waals surface area (Å²) in [7, 11) is 3.28. The predicted octanol–water partition coefficient (Wildman–Crippen LogP) is 6.47. The molecule has 7 rings (SSSR count). The molecule has 1 atom stereocenters.